The Hall–Kier alpha value is -1.13. The molecule has 0 aromatic heterocycles. The van der Waals surface area contributed by atoms with Crippen molar-refractivity contribution in [2.24, 2.45) is 11.8 Å². The molecular weight excluding hydrogens is 314 g/mol. The molecule has 3 nitrogen and oxygen atoms in total. The molecule has 1 aromatic rings. The summed E-state index contributed by atoms with van der Waals surface area (Å²) in [4.78, 5) is 0. The highest BCUT2D eigenvalue weighted by atomic mass is 32.1. The molecule has 0 bridgehead atoms. The Balaban J connectivity index is 1.82. The van der Waals surface area contributed by atoms with Gasteiger partial charge >= 0.3 is 0 Å². The molecule has 1 unspecified atom stereocenters. The first-order valence-electron chi connectivity index (χ1n) is 9.42. The van der Waals surface area contributed by atoms with Crippen LogP contribution in [-0.2, 0) is 6.54 Å². The topological polar surface area (TPSA) is 36.1 Å². The van der Waals surface area contributed by atoms with Gasteiger partial charge in [-0.2, -0.15) is 0 Å². The minimum absolute atomic E-state index is 0.339. The number of hydrogen-bond acceptors (Lipinski definition) is 2. The lowest BCUT2D eigenvalue weighted by Crippen LogP contribution is -2.34. The summed E-state index contributed by atoms with van der Waals surface area (Å²) in [5.41, 5.74) is 2.36. The van der Waals surface area contributed by atoms with Crippen LogP contribution in [0.5, 0.6) is 0 Å². The van der Waals surface area contributed by atoms with Crippen LogP contribution in [0.25, 0.3) is 0 Å². The fourth-order valence-corrected chi connectivity index (χ4v) is 3.87. The first kappa shape index (κ1) is 19.2. The van der Waals surface area contributed by atoms with E-state index in [2.05, 4.69) is 61.0 Å². The van der Waals surface area contributed by atoms with Crippen molar-refractivity contribution in [3.63, 3.8) is 0 Å². The number of rotatable bonds is 7. The highest BCUT2D eigenvalue weighted by Crippen LogP contribution is 2.29. The van der Waals surface area contributed by atoms with Crippen LogP contribution in [0.4, 0.5) is 5.69 Å². The summed E-state index contributed by atoms with van der Waals surface area (Å²) < 4.78 is 0. The predicted octanol–water partition coefficient (Wildman–Crippen LogP) is 4.69. The van der Waals surface area contributed by atoms with E-state index in [0.29, 0.717) is 11.2 Å². The molecule has 3 N–H and O–H groups in total. The van der Waals surface area contributed by atoms with E-state index < -0.39 is 0 Å². The molecule has 0 radical (unpaired) electrons. The van der Waals surface area contributed by atoms with Gasteiger partial charge in [0, 0.05) is 18.3 Å². The molecule has 134 valence electrons. The zero-order valence-corrected chi connectivity index (χ0v) is 16.2. The molecule has 1 fully saturated rings. The Morgan fingerprint density at radius 2 is 1.83 bits per heavy atom. The van der Waals surface area contributed by atoms with E-state index >= 15 is 0 Å². The minimum Gasteiger partial charge on any atom is -0.360 e. The molecule has 24 heavy (non-hydrogen) atoms. The second-order valence-corrected chi connectivity index (χ2v) is 7.82. The maximum Gasteiger partial charge on any atom is 0.170 e. The number of nitrogens with one attached hydrogen (secondary N) is 3. The molecule has 4 heteroatoms. The van der Waals surface area contributed by atoms with Crippen LogP contribution in [0.3, 0.4) is 0 Å². The summed E-state index contributed by atoms with van der Waals surface area (Å²) in [5, 5.41) is 10.9. The molecule has 0 aliphatic heterocycles. The molecule has 0 amide bonds. The van der Waals surface area contributed by atoms with Gasteiger partial charge < -0.3 is 16.0 Å². The number of anilines is 1. The third-order valence-electron chi connectivity index (χ3n) is 4.92. The predicted molar refractivity (Wildman–Crippen MR) is 108 cm³/mol. The molecule has 1 aliphatic carbocycles. The zero-order valence-electron chi connectivity index (χ0n) is 15.4. The van der Waals surface area contributed by atoms with Crippen LogP contribution in [0.2, 0.25) is 0 Å². The van der Waals surface area contributed by atoms with E-state index in [0.717, 1.165) is 30.6 Å². The normalized spacial score (nSPS) is 16.8. The van der Waals surface area contributed by atoms with Crippen molar-refractivity contribution in [2.45, 2.75) is 65.5 Å². The lowest BCUT2D eigenvalue weighted by atomic mass is 9.81. The van der Waals surface area contributed by atoms with E-state index in [9.17, 15) is 0 Å². The third kappa shape index (κ3) is 6.40. The van der Waals surface area contributed by atoms with Crippen molar-refractivity contribution >= 4 is 23.0 Å². The van der Waals surface area contributed by atoms with Crippen molar-refractivity contribution in [3.8, 4) is 0 Å². The molecule has 1 aliphatic rings. The Morgan fingerprint density at radius 1 is 1.12 bits per heavy atom. The second kappa shape index (κ2) is 10.00. The number of benzene rings is 1. The van der Waals surface area contributed by atoms with Gasteiger partial charge in [-0.15, -0.1) is 0 Å². The fourth-order valence-electron chi connectivity index (χ4n) is 3.52. The van der Waals surface area contributed by atoms with Crippen LogP contribution >= 0.6 is 12.2 Å². The van der Waals surface area contributed by atoms with Gasteiger partial charge in [0.05, 0.1) is 0 Å². The van der Waals surface area contributed by atoms with Crippen molar-refractivity contribution < 1.29 is 0 Å². The molecule has 0 heterocycles. The number of thiocarbonyl (C=S) groups is 1. The van der Waals surface area contributed by atoms with Crippen LogP contribution in [-0.4, -0.2) is 17.7 Å². The Morgan fingerprint density at radius 3 is 2.54 bits per heavy atom. The summed E-state index contributed by atoms with van der Waals surface area (Å²) in [6.07, 6.45) is 7.09. The molecule has 1 saturated carbocycles. The smallest absolute Gasteiger partial charge is 0.170 e. The largest absolute Gasteiger partial charge is 0.360 e. The van der Waals surface area contributed by atoms with Crippen molar-refractivity contribution in [3.05, 3.63) is 29.8 Å². The summed E-state index contributed by atoms with van der Waals surface area (Å²) >= 11 is 5.37. The second-order valence-electron chi connectivity index (χ2n) is 7.42. The van der Waals surface area contributed by atoms with Gasteiger partial charge in [-0.1, -0.05) is 57.2 Å². The Labute approximate surface area is 153 Å². The maximum absolute atomic E-state index is 5.37. The van der Waals surface area contributed by atoms with Crippen LogP contribution < -0.4 is 16.0 Å². The molecule has 2 rings (SSSR count). The van der Waals surface area contributed by atoms with Crippen LogP contribution in [0.15, 0.2) is 24.3 Å². The summed E-state index contributed by atoms with van der Waals surface area (Å²) in [7, 11) is 0. The third-order valence-corrected chi connectivity index (χ3v) is 5.14. The van der Waals surface area contributed by atoms with Gasteiger partial charge in [-0.3, -0.25) is 0 Å². The maximum atomic E-state index is 5.37. The number of hydrogen-bond donors (Lipinski definition) is 3. The van der Waals surface area contributed by atoms with Crippen LogP contribution in [0.1, 0.15) is 58.4 Å². The van der Waals surface area contributed by atoms with E-state index in [1.54, 1.807) is 0 Å². The summed E-state index contributed by atoms with van der Waals surface area (Å²) in [6, 6.07) is 8.74. The van der Waals surface area contributed by atoms with Gasteiger partial charge in [0.25, 0.3) is 0 Å². The average molecular weight is 348 g/mol. The van der Waals surface area contributed by atoms with Gasteiger partial charge in [0.15, 0.2) is 5.11 Å². The molecular formula is C20H33N3S. The standard InChI is InChI=1S/C20H33N3S/c1-15(2)22-20(24)23-19-12-8-7-11-18(19)14-21-13-16(3)17-9-5-4-6-10-17/h7-8,11-12,15-17,21H,4-6,9-10,13-14H2,1-3H3,(H2,22,23,24). The highest BCUT2D eigenvalue weighted by Gasteiger charge is 2.19. The SMILES string of the molecule is CC(C)NC(=S)Nc1ccccc1CNCC(C)C1CCCCC1. The summed E-state index contributed by atoms with van der Waals surface area (Å²) in [5.74, 6) is 1.66. The van der Waals surface area contributed by atoms with Gasteiger partial charge in [-0.05, 0) is 56.1 Å². The molecule has 1 atom stereocenters. The zero-order chi connectivity index (χ0) is 17.4. The first-order chi connectivity index (χ1) is 11.6. The minimum atomic E-state index is 0.339. The van der Waals surface area contributed by atoms with Crippen LogP contribution in [0, 0.1) is 11.8 Å². The molecule has 0 saturated heterocycles. The highest BCUT2D eigenvalue weighted by molar-refractivity contribution is 7.80. The number of para-hydroxylation sites is 1. The lowest BCUT2D eigenvalue weighted by molar-refractivity contribution is 0.256. The van der Waals surface area contributed by atoms with Gasteiger partial charge in [0.2, 0.25) is 0 Å². The van der Waals surface area contributed by atoms with E-state index in [-0.39, 0.29) is 0 Å². The van der Waals surface area contributed by atoms with Crippen molar-refractivity contribution in [1.82, 2.24) is 10.6 Å². The molecule has 0 spiro atoms. The average Bonchev–Trinajstić information content (AvgIpc) is 2.56. The fraction of sp³-hybridized carbons (Fsp3) is 0.650. The van der Waals surface area contributed by atoms with E-state index in [1.807, 2.05) is 0 Å². The summed E-state index contributed by atoms with van der Waals surface area (Å²) in [6.45, 7) is 8.55. The van der Waals surface area contributed by atoms with Crippen molar-refractivity contribution in [1.29, 1.82) is 0 Å². The van der Waals surface area contributed by atoms with E-state index in [4.69, 9.17) is 12.2 Å². The van der Waals surface area contributed by atoms with Crippen molar-refractivity contribution in [2.75, 3.05) is 11.9 Å². The monoisotopic (exact) mass is 347 g/mol. The van der Waals surface area contributed by atoms with Gasteiger partial charge in [0.1, 0.15) is 0 Å². The Bertz CT molecular complexity index is 509. The Kier molecular flexibility index (Phi) is 8.00. The quantitative estimate of drug-likeness (QED) is 0.626. The first-order valence-corrected chi connectivity index (χ1v) is 9.83. The molecule has 1 aromatic carbocycles. The van der Waals surface area contributed by atoms with E-state index in [1.165, 1.54) is 37.7 Å². The lowest BCUT2D eigenvalue weighted by Gasteiger charge is -2.28. The van der Waals surface area contributed by atoms with Gasteiger partial charge in [-0.25, -0.2) is 0 Å².